The number of nitrogens with zero attached hydrogens (tertiary/aromatic N) is 2. The van der Waals surface area contributed by atoms with Gasteiger partial charge in [-0.25, -0.2) is 13.1 Å². The maximum atomic E-state index is 11.4. The molecule has 28 unspecified atom stereocenters. The van der Waals surface area contributed by atoms with Crippen molar-refractivity contribution < 1.29 is 52.8 Å². The number of esters is 5. The van der Waals surface area contributed by atoms with Crippen LogP contribution in [0.15, 0.2) is 0 Å². The van der Waals surface area contributed by atoms with Crippen LogP contribution in [0.4, 0.5) is 0 Å². The molecule has 490 valence electrons. The zero-order valence-electron chi connectivity index (χ0n) is 55.9. The molecule has 0 radical (unpaired) electrons. The minimum atomic E-state index is -0.245. The molecule has 15 aliphatic rings. The van der Waals surface area contributed by atoms with E-state index in [2.05, 4.69) is 44.3 Å². The Morgan fingerprint density at radius 3 is 1.26 bits per heavy atom. The highest BCUT2D eigenvalue weighted by atomic mass is 16.6. The lowest BCUT2D eigenvalue weighted by Crippen LogP contribution is -2.45. The van der Waals surface area contributed by atoms with E-state index < -0.39 is 0 Å². The summed E-state index contributed by atoms with van der Waals surface area (Å²) in [6, 6.07) is 0.573. The highest BCUT2D eigenvalue weighted by Crippen LogP contribution is 2.65. The molecular weight excluding hydrogens is 1100 g/mol. The molecule has 10 bridgehead atoms. The number of carbonyl (C=O) groups excluding carboxylic acids is 5. The molecule has 0 amide bonds. The molecule has 0 aliphatic heterocycles. The summed E-state index contributed by atoms with van der Waals surface area (Å²) in [6.45, 7) is 33.0. The van der Waals surface area contributed by atoms with E-state index >= 15 is 0 Å². The Morgan fingerprint density at radius 1 is 0.386 bits per heavy atom. The zero-order chi connectivity index (χ0) is 62.8. The van der Waals surface area contributed by atoms with Gasteiger partial charge in [0.2, 0.25) is 12.1 Å². The summed E-state index contributed by atoms with van der Waals surface area (Å²) in [5.41, 5.74) is -0.898. The molecule has 0 aromatic rings. The average molecular weight is 1220 g/mol. The number of rotatable bonds is 8. The molecule has 0 heterocycles. The van der Waals surface area contributed by atoms with Gasteiger partial charge in [0.25, 0.3) is 0 Å². The van der Waals surface area contributed by atoms with E-state index in [9.17, 15) is 29.1 Å². The maximum absolute atomic E-state index is 11.4. The smallest absolute Gasteiger partial charge is 0.303 e. The lowest BCUT2D eigenvalue weighted by molar-refractivity contribution is -0.168. The highest BCUT2D eigenvalue weighted by Gasteiger charge is 2.63. The monoisotopic (exact) mass is 1220 g/mol. The zero-order valence-corrected chi connectivity index (χ0v) is 55.9. The van der Waals surface area contributed by atoms with Gasteiger partial charge in [-0.15, -0.1) is 0 Å². The minimum Gasteiger partial charge on any atom is -0.460 e. The fraction of sp³-hybridized carbons (Fsp3) is 0.907. The van der Waals surface area contributed by atoms with Crippen molar-refractivity contribution in [1.82, 2.24) is 0 Å². The van der Waals surface area contributed by atoms with Gasteiger partial charge in [-0.1, -0.05) is 33.6 Å². The van der Waals surface area contributed by atoms with Gasteiger partial charge in [0.15, 0.2) is 0 Å². The standard InChI is InChI=1S/C16H23NO2.C15H21NO2.C15H24O3.C15H24O2.C14H22O2/c1-4-16(19-10(2)18)6-5-12-13-7-11(14(12)9-16)8-15(13)17-3;1-9(17)18-15(2)5-4-11-12-6-10(13(11)8-15)7-14(12)16-3;1-3-15(18-9(2)16)5-4-11-12-6-10(7-14(12)17)13(11)8-15;1-3-15(17-10(2)16)7-6-13-11-4-5-12(8-11)14(13)9-15;1-9(15)16-14(2)8-10-7-13(14)12-6-4-3-5-11(10)12/h11-15H,4-9H2,1-2H3;10-14H,4-8H2,1-2H3;10-14,17H,3-8H2,1-2H3;11-14H,3-9H2,1-2H3;10-13H,3-8H2,1-2H3. The summed E-state index contributed by atoms with van der Waals surface area (Å²) in [4.78, 5) is 64.1. The summed E-state index contributed by atoms with van der Waals surface area (Å²) in [7, 11) is 0. The van der Waals surface area contributed by atoms with E-state index in [4.69, 9.17) is 36.8 Å². The first-order valence-corrected chi connectivity index (χ1v) is 36.3. The van der Waals surface area contributed by atoms with Crippen LogP contribution in [-0.2, 0) is 47.7 Å². The first-order valence-electron chi connectivity index (χ1n) is 36.3. The molecular formula is C75H114N2O11. The van der Waals surface area contributed by atoms with E-state index in [-0.39, 0.29) is 76.0 Å². The Bertz CT molecular complexity index is 2650. The second-order valence-corrected chi connectivity index (χ2v) is 33.0. The number of fused-ring (bicyclic) bond motifs is 25. The molecule has 0 spiro atoms. The fourth-order valence-electron chi connectivity index (χ4n) is 25.3. The third-order valence-electron chi connectivity index (χ3n) is 28.6. The second-order valence-electron chi connectivity index (χ2n) is 33.0. The summed E-state index contributed by atoms with van der Waals surface area (Å²) in [5.74, 6) is 14.7. The topological polar surface area (TPSA) is 160 Å². The van der Waals surface area contributed by atoms with Crippen molar-refractivity contribution in [2.24, 2.45) is 118 Å². The van der Waals surface area contributed by atoms with Gasteiger partial charge in [0.05, 0.1) is 6.10 Å². The Morgan fingerprint density at radius 2 is 0.784 bits per heavy atom. The number of aliphatic hydroxyl groups excluding tert-OH is 1. The average Bonchev–Trinajstić information content (AvgIpc) is 2.22. The SMILES string of the molecule is CC(=O)OC1(C)CC2CC1C1CCCCC21.CCC1(OC(C)=O)CCC2C3CC(CC3O)C2C1.CCC1(OC(C)=O)CCC2C3CCC(C3)C2C1.[C-]#[N+]C1CC2CC1C1CCC(C)(OC(C)=O)CC21.[C-]#[N+]C1CC2CC1C1CCC(CC)(OC(C)=O)CC21. The van der Waals surface area contributed by atoms with Gasteiger partial charge < -0.3 is 38.5 Å². The third-order valence-corrected chi connectivity index (χ3v) is 28.6. The third kappa shape index (κ3) is 12.9. The molecule has 15 saturated carbocycles. The van der Waals surface area contributed by atoms with E-state index in [0.29, 0.717) is 59.2 Å². The molecule has 15 rings (SSSR count). The Labute approximate surface area is 529 Å². The van der Waals surface area contributed by atoms with Gasteiger partial charge in [0, 0.05) is 65.2 Å². The van der Waals surface area contributed by atoms with Crippen LogP contribution in [0.5, 0.6) is 0 Å². The van der Waals surface area contributed by atoms with Gasteiger partial charge in [-0.2, -0.15) is 0 Å². The van der Waals surface area contributed by atoms with Crippen LogP contribution in [0, 0.1) is 132 Å². The molecule has 0 aromatic carbocycles. The quantitative estimate of drug-likeness (QED) is 0.140. The van der Waals surface area contributed by atoms with E-state index in [1.54, 1.807) is 13.8 Å². The van der Waals surface area contributed by atoms with Crippen LogP contribution in [0.3, 0.4) is 0 Å². The first-order chi connectivity index (χ1) is 41.9. The predicted molar refractivity (Wildman–Crippen MR) is 336 cm³/mol. The van der Waals surface area contributed by atoms with Crippen molar-refractivity contribution >= 4 is 29.8 Å². The number of hydrogen-bond donors (Lipinski definition) is 1. The molecule has 0 saturated heterocycles. The van der Waals surface area contributed by atoms with Crippen molar-refractivity contribution in [3.05, 3.63) is 22.8 Å². The summed E-state index contributed by atoms with van der Waals surface area (Å²) in [6.07, 6.45) is 35.1. The fourth-order valence-corrected chi connectivity index (χ4v) is 25.3. The Balaban J connectivity index is 0.000000114. The molecule has 0 aromatic heterocycles. The van der Waals surface area contributed by atoms with Crippen molar-refractivity contribution in [2.45, 2.75) is 308 Å². The van der Waals surface area contributed by atoms with Crippen LogP contribution in [-0.4, -0.2) is 81.1 Å². The second kappa shape index (κ2) is 26.0. The van der Waals surface area contributed by atoms with E-state index in [0.717, 1.165) is 175 Å². The Kier molecular flexibility index (Phi) is 19.4. The van der Waals surface area contributed by atoms with Gasteiger partial charge in [0.1, 0.15) is 28.0 Å². The van der Waals surface area contributed by atoms with Crippen LogP contribution < -0.4 is 0 Å². The first kappa shape index (κ1) is 65.8. The van der Waals surface area contributed by atoms with Crippen LogP contribution in [0.2, 0.25) is 0 Å². The highest BCUT2D eigenvalue weighted by molar-refractivity contribution is 5.68. The van der Waals surface area contributed by atoms with Crippen molar-refractivity contribution in [1.29, 1.82) is 0 Å². The number of aliphatic hydroxyl groups is 1. The number of ether oxygens (including phenoxy) is 5. The molecule has 13 heteroatoms. The van der Waals surface area contributed by atoms with Crippen LogP contribution >= 0.6 is 0 Å². The molecule has 28 atom stereocenters. The summed E-state index contributed by atoms with van der Waals surface area (Å²) >= 11 is 0. The van der Waals surface area contributed by atoms with Crippen molar-refractivity contribution in [3.8, 4) is 0 Å². The molecule has 1 N–H and O–H groups in total. The molecule has 88 heavy (non-hydrogen) atoms. The van der Waals surface area contributed by atoms with Gasteiger partial charge in [-0.3, -0.25) is 24.0 Å². The largest absolute Gasteiger partial charge is 0.460 e. The lowest BCUT2D eigenvalue weighted by Gasteiger charge is -2.46. The summed E-state index contributed by atoms with van der Waals surface area (Å²) < 4.78 is 28.3. The van der Waals surface area contributed by atoms with Gasteiger partial charge in [-0.05, 0) is 281 Å². The van der Waals surface area contributed by atoms with Crippen molar-refractivity contribution in [2.75, 3.05) is 0 Å². The number of hydrogen-bond acceptors (Lipinski definition) is 11. The van der Waals surface area contributed by atoms with Crippen LogP contribution in [0.25, 0.3) is 9.69 Å². The number of carbonyl (C=O) groups is 5. The maximum Gasteiger partial charge on any atom is 0.303 e. The van der Waals surface area contributed by atoms with E-state index in [1.165, 1.54) is 97.8 Å². The molecule has 13 nitrogen and oxygen atoms in total. The summed E-state index contributed by atoms with van der Waals surface area (Å²) in [5, 5.41) is 10.0. The molecule has 15 fully saturated rings. The predicted octanol–water partition coefficient (Wildman–Crippen LogP) is 15.7. The lowest BCUT2D eigenvalue weighted by atomic mass is 9.64. The van der Waals surface area contributed by atoms with Crippen LogP contribution in [0.1, 0.15) is 262 Å². The van der Waals surface area contributed by atoms with E-state index in [1.807, 2.05) is 0 Å². The van der Waals surface area contributed by atoms with Gasteiger partial charge >= 0.3 is 29.8 Å². The molecule has 15 aliphatic carbocycles. The minimum absolute atomic E-state index is 0.0564. The normalized spacial score (nSPS) is 49.0. The Hall–Kier alpha value is -3.71. The van der Waals surface area contributed by atoms with Crippen molar-refractivity contribution in [3.63, 3.8) is 0 Å².